The Labute approximate surface area is 146 Å². The van der Waals surface area contributed by atoms with Gasteiger partial charge in [-0.1, -0.05) is 23.2 Å². The standard InChI is InChI=1S/C17H19ClN2O3S/c1-10-6-11(2)15-12(7-10)8-14(16(18)19-15)17(21)20(3)13-4-5-24(22,23)9-13/h6-8,13H,4-5,9H2,1-3H3. The maximum Gasteiger partial charge on any atom is 0.257 e. The van der Waals surface area contributed by atoms with Crippen LogP contribution >= 0.6 is 11.6 Å². The number of nitrogens with zero attached hydrogens (tertiary/aromatic N) is 2. The summed E-state index contributed by atoms with van der Waals surface area (Å²) in [6, 6.07) is 5.41. The molecule has 0 radical (unpaired) electrons. The number of halogens is 1. The molecule has 0 N–H and O–H groups in total. The first-order valence-corrected chi connectivity index (χ1v) is 9.93. The lowest BCUT2D eigenvalue weighted by Gasteiger charge is -2.24. The number of pyridine rings is 1. The lowest BCUT2D eigenvalue weighted by Crippen LogP contribution is -2.38. The number of amides is 1. The van der Waals surface area contributed by atoms with Crippen LogP contribution in [-0.4, -0.2) is 48.8 Å². The Morgan fingerprint density at radius 1 is 1.29 bits per heavy atom. The van der Waals surface area contributed by atoms with Crippen LogP contribution in [0.4, 0.5) is 0 Å². The van der Waals surface area contributed by atoms with Gasteiger partial charge in [0.15, 0.2) is 9.84 Å². The lowest BCUT2D eigenvalue weighted by molar-refractivity contribution is 0.0747. The molecule has 1 amide bonds. The first-order chi connectivity index (χ1) is 11.2. The largest absolute Gasteiger partial charge is 0.338 e. The van der Waals surface area contributed by atoms with Crippen molar-refractivity contribution in [1.29, 1.82) is 0 Å². The highest BCUT2D eigenvalue weighted by Crippen LogP contribution is 2.26. The maximum atomic E-state index is 12.8. The molecule has 1 unspecified atom stereocenters. The average molecular weight is 367 g/mol. The summed E-state index contributed by atoms with van der Waals surface area (Å²) < 4.78 is 23.3. The highest BCUT2D eigenvalue weighted by atomic mass is 35.5. The Kier molecular flexibility index (Phi) is 4.30. The molecular formula is C17H19ClN2O3S. The summed E-state index contributed by atoms with van der Waals surface area (Å²) in [5.41, 5.74) is 3.16. The third-order valence-corrected chi connectivity index (χ3v) is 6.55. The SMILES string of the molecule is Cc1cc(C)c2nc(Cl)c(C(=O)N(C)C3CCS(=O)(=O)C3)cc2c1. The summed E-state index contributed by atoms with van der Waals surface area (Å²) in [6.07, 6.45) is 0.460. The topological polar surface area (TPSA) is 67.3 Å². The third-order valence-electron chi connectivity index (χ3n) is 4.51. The Bertz CT molecular complexity index is 940. The van der Waals surface area contributed by atoms with Crippen molar-refractivity contribution in [3.63, 3.8) is 0 Å². The van der Waals surface area contributed by atoms with E-state index in [1.807, 2.05) is 26.0 Å². The zero-order valence-electron chi connectivity index (χ0n) is 13.8. The van der Waals surface area contributed by atoms with E-state index in [2.05, 4.69) is 4.98 Å². The number of benzene rings is 1. The molecule has 0 bridgehead atoms. The number of fused-ring (bicyclic) bond motifs is 1. The number of hydrogen-bond acceptors (Lipinski definition) is 4. The Balaban J connectivity index is 1.99. The number of carbonyl (C=O) groups is 1. The van der Waals surface area contributed by atoms with Crippen LogP contribution in [-0.2, 0) is 9.84 Å². The minimum atomic E-state index is -3.05. The van der Waals surface area contributed by atoms with Gasteiger partial charge < -0.3 is 4.90 Å². The van der Waals surface area contributed by atoms with Gasteiger partial charge in [-0.25, -0.2) is 13.4 Å². The highest BCUT2D eigenvalue weighted by molar-refractivity contribution is 7.91. The van der Waals surface area contributed by atoms with Gasteiger partial charge in [0.05, 0.1) is 22.6 Å². The molecule has 0 spiro atoms. The number of carbonyl (C=O) groups excluding carboxylic acids is 1. The number of aromatic nitrogens is 1. The number of rotatable bonds is 2. The minimum absolute atomic E-state index is 0.00604. The Hall–Kier alpha value is -1.66. The van der Waals surface area contributed by atoms with Crippen molar-refractivity contribution in [2.24, 2.45) is 0 Å². The van der Waals surface area contributed by atoms with Gasteiger partial charge in [0, 0.05) is 18.5 Å². The zero-order chi connectivity index (χ0) is 17.6. The Morgan fingerprint density at radius 3 is 2.62 bits per heavy atom. The van der Waals surface area contributed by atoms with E-state index in [9.17, 15) is 13.2 Å². The van der Waals surface area contributed by atoms with Crippen molar-refractivity contribution >= 4 is 38.2 Å². The summed E-state index contributed by atoms with van der Waals surface area (Å²) in [5, 5.41) is 1.000. The fourth-order valence-electron chi connectivity index (χ4n) is 3.22. The van der Waals surface area contributed by atoms with Crippen LogP contribution < -0.4 is 0 Å². The predicted octanol–water partition coefficient (Wildman–Crippen LogP) is 2.76. The molecule has 1 atom stereocenters. The summed E-state index contributed by atoms with van der Waals surface area (Å²) in [6.45, 7) is 3.94. The van der Waals surface area contributed by atoms with Gasteiger partial charge in [-0.3, -0.25) is 4.79 Å². The molecule has 1 fully saturated rings. The Morgan fingerprint density at radius 2 is 2.00 bits per heavy atom. The van der Waals surface area contributed by atoms with E-state index in [-0.39, 0.29) is 28.6 Å². The van der Waals surface area contributed by atoms with Gasteiger partial charge in [-0.05, 0) is 38.0 Å². The molecule has 7 heteroatoms. The molecule has 2 heterocycles. The van der Waals surface area contributed by atoms with Gasteiger partial charge in [0.25, 0.3) is 5.91 Å². The fraction of sp³-hybridized carbons (Fsp3) is 0.412. The van der Waals surface area contributed by atoms with E-state index < -0.39 is 9.84 Å². The molecular weight excluding hydrogens is 348 g/mol. The van der Waals surface area contributed by atoms with Gasteiger partial charge in [0.1, 0.15) is 5.15 Å². The molecule has 0 saturated carbocycles. The van der Waals surface area contributed by atoms with Gasteiger partial charge >= 0.3 is 0 Å². The molecule has 1 aliphatic rings. The average Bonchev–Trinajstić information content (AvgIpc) is 2.86. The quantitative estimate of drug-likeness (QED) is 0.766. The van der Waals surface area contributed by atoms with Crippen LogP contribution in [0.1, 0.15) is 27.9 Å². The monoisotopic (exact) mass is 366 g/mol. The minimum Gasteiger partial charge on any atom is -0.338 e. The number of hydrogen-bond donors (Lipinski definition) is 0. The number of aryl methyl sites for hydroxylation is 2. The van der Waals surface area contributed by atoms with Crippen LogP contribution in [0.15, 0.2) is 18.2 Å². The van der Waals surface area contributed by atoms with Crippen molar-refractivity contribution in [1.82, 2.24) is 9.88 Å². The van der Waals surface area contributed by atoms with E-state index in [0.717, 1.165) is 22.0 Å². The lowest BCUT2D eigenvalue weighted by atomic mass is 10.0. The van der Waals surface area contributed by atoms with Crippen LogP contribution in [0.5, 0.6) is 0 Å². The second kappa shape index (κ2) is 6.01. The highest BCUT2D eigenvalue weighted by Gasteiger charge is 2.33. The maximum absolute atomic E-state index is 12.8. The molecule has 1 aromatic carbocycles. The molecule has 5 nitrogen and oxygen atoms in total. The van der Waals surface area contributed by atoms with Gasteiger partial charge in [-0.2, -0.15) is 0 Å². The molecule has 1 aliphatic heterocycles. The van der Waals surface area contributed by atoms with Crippen LogP contribution in [0.2, 0.25) is 5.15 Å². The van der Waals surface area contributed by atoms with E-state index in [1.54, 1.807) is 13.1 Å². The van der Waals surface area contributed by atoms with E-state index in [0.29, 0.717) is 12.0 Å². The summed E-state index contributed by atoms with van der Waals surface area (Å²) in [7, 11) is -1.43. The van der Waals surface area contributed by atoms with Crippen molar-refractivity contribution in [2.45, 2.75) is 26.3 Å². The molecule has 24 heavy (non-hydrogen) atoms. The zero-order valence-corrected chi connectivity index (χ0v) is 15.4. The van der Waals surface area contributed by atoms with Crippen LogP contribution in [0.25, 0.3) is 10.9 Å². The van der Waals surface area contributed by atoms with E-state index >= 15 is 0 Å². The van der Waals surface area contributed by atoms with Crippen molar-refractivity contribution < 1.29 is 13.2 Å². The molecule has 1 saturated heterocycles. The van der Waals surface area contributed by atoms with Gasteiger partial charge in [0.2, 0.25) is 0 Å². The molecule has 0 aliphatic carbocycles. The van der Waals surface area contributed by atoms with E-state index in [1.165, 1.54) is 4.90 Å². The normalized spacial score (nSPS) is 19.6. The molecule has 3 rings (SSSR count). The second-order valence-electron chi connectivity index (χ2n) is 6.45. The molecule has 128 valence electrons. The van der Waals surface area contributed by atoms with Crippen molar-refractivity contribution in [3.8, 4) is 0 Å². The summed E-state index contributed by atoms with van der Waals surface area (Å²) in [4.78, 5) is 18.6. The van der Waals surface area contributed by atoms with Crippen LogP contribution in [0.3, 0.4) is 0 Å². The summed E-state index contributed by atoms with van der Waals surface area (Å²) in [5.74, 6) is -0.167. The smallest absolute Gasteiger partial charge is 0.257 e. The van der Waals surface area contributed by atoms with Gasteiger partial charge in [-0.15, -0.1) is 0 Å². The second-order valence-corrected chi connectivity index (χ2v) is 9.04. The first kappa shape index (κ1) is 17.2. The third kappa shape index (κ3) is 3.13. The van der Waals surface area contributed by atoms with E-state index in [4.69, 9.17) is 11.6 Å². The van der Waals surface area contributed by atoms with Crippen molar-refractivity contribution in [2.75, 3.05) is 18.6 Å². The molecule has 2 aromatic rings. The van der Waals surface area contributed by atoms with Crippen molar-refractivity contribution in [3.05, 3.63) is 40.0 Å². The first-order valence-electron chi connectivity index (χ1n) is 7.73. The predicted molar refractivity (Wildman–Crippen MR) is 95.4 cm³/mol. The number of sulfone groups is 1. The fourth-order valence-corrected chi connectivity index (χ4v) is 5.21. The van der Waals surface area contributed by atoms with Crippen LogP contribution in [0, 0.1) is 13.8 Å². The molecule has 1 aromatic heterocycles. The summed E-state index contributed by atoms with van der Waals surface area (Å²) >= 11 is 6.24.